The predicted molar refractivity (Wildman–Crippen MR) is 86.2 cm³/mol. The highest BCUT2D eigenvalue weighted by molar-refractivity contribution is 7.89. The highest BCUT2D eigenvalue weighted by Crippen LogP contribution is 2.25. The van der Waals surface area contributed by atoms with Crippen molar-refractivity contribution in [3.63, 3.8) is 0 Å². The van der Waals surface area contributed by atoms with Crippen LogP contribution in [0.25, 0.3) is 10.7 Å². The topological polar surface area (TPSA) is 88.1 Å². The first-order valence-electron chi connectivity index (χ1n) is 7.05. The number of aromatic nitrogens is 3. The molecule has 0 amide bonds. The van der Waals surface area contributed by atoms with E-state index in [1.807, 2.05) is 18.2 Å². The van der Waals surface area contributed by atoms with Crippen LogP contribution in [0.2, 0.25) is 0 Å². The number of hydrogen-bond acceptors (Lipinski definition) is 7. The third-order valence-corrected chi connectivity index (χ3v) is 6.25. The van der Waals surface area contributed by atoms with Gasteiger partial charge in [-0.15, -0.1) is 10.2 Å². The van der Waals surface area contributed by atoms with Gasteiger partial charge in [0.1, 0.15) is 5.69 Å². The van der Waals surface area contributed by atoms with E-state index in [-0.39, 0.29) is 5.75 Å². The van der Waals surface area contributed by atoms with Gasteiger partial charge >= 0.3 is 0 Å². The lowest BCUT2D eigenvalue weighted by Gasteiger charge is -2.37. The number of rotatable bonds is 6. The van der Waals surface area contributed by atoms with Gasteiger partial charge in [0.05, 0.1) is 5.75 Å². The van der Waals surface area contributed by atoms with Gasteiger partial charge in [-0.3, -0.25) is 4.98 Å². The van der Waals surface area contributed by atoms with Gasteiger partial charge in [-0.2, -0.15) is 0 Å². The SMILES string of the molecule is CCS(=O)(=O)N1CC(CNc2nnc(-c3ccccn3)s2)C1. The normalized spacial score (nSPS) is 16.4. The first-order chi connectivity index (χ1) is 10.6. The molecule has 118 valence electrons. The van der Waals surface area contributed by atoms with Gasteiger partial charge in [0.2, 0.25) is 15.2 Å². The molecule has 7 nitrogen and oxygen atoms in total. The fraction of sp³-hybridized carbons (Fsp3) is 0.462. The van der Waals surface area contributed by atoms with E-state index < -0.39 is 10.0 Å². The molecule has 0 unspecified atom stereocenters. The van der Waals surface area contributed by atoms with E-state index in [0.717, 1.165) is 15.8 Å². The van der Waals surface area contributed by atoms with Crippen molar-refractivity contribution in [2.45, 2.75) is 6.92 Å². The number of hydrogen-bond donors (Lipinski definition) is 1. The summed E-state index contributed by atoms with van der Waals surface area (Å²) in [6.07, 6.45) is 1.72. The molecule has 0 aromatic carbocycles. The number of pyridine rings is 1. The van der Waals surface area contributed by atoms with Crippen molar-refractivity contribution in [1.82, 2.24) is 19.5 Å². The van der Waals surface area contributed by atoms with E-state index in [9.17, 15) is 8.42 Å². The lowest BCUT2D eigenvalue weighted by atomic mass is 10.0. The van der Waals surface area contributed by atoms with Crippen molar-refractivity contribution in [2.75, 3.05) is 30.7 Å². The average Bonchev–Trinajstić information content (AvgIpc) is 2.95. The molecule has 1 fully saturated rings. The molecule has 3 heterocycles. The van der Waals surface area contributed by atoms with Crippen molar-refractivity contribution in [1.29, 1.82) is 0 Å². The average molecular weight is 339 g/mol. The Balaban J connectivity index is 1.51. The molecular weight excluding hydrogens is 322 g/mol. The maximum Gasteiger partial charge on any atom is 0.213 e. The van der Waals surface area contributed by atoms with Gasteiger partial charge in [0.25, 0.3) is 0 Å². The number of nitrogens with zero attached hydrogens (tertiary/aromatic N) is 4. The quantitative estimate of drug-likeness (QED) is 0.853. The van der Waals surface area contributed by atoms with Crippen LogP contribution < -0.4 is 5.32 Å². The number of sulfonamides is 1. The Bertz CT molecular complexity index is 726. The molecular formula is C13H17N5O2S2. The van der Waals surface area contributed by atoms with E-state index >= 15 is 0 Å². The molecule has 1 N–H and O–H groups in total. The third kappa shape index (κ3) is 3.26. The summed E-state index contributed by atoms with van der Waals surface area (Å²) in [6.45, 7) is 3.53. The molecule has 0 aliphatic carbocycles. The Hall–Kier alpha value is -1.58. The number of anilines is 1. The first-order valence-corrected chi connectivity index (χ1v) is 9.47. The summed E-state index contributed by atoms with van der Waals surface area (Å²) in [4.78, 5) is 4.24. The molecule has 0 bridgehead atoms. The summed E-state index contributed by atoms with van der Waals surface area (Å²) in [5.41, 5.74) is 0.803. The van der Waals surface area contributed by atoms with E-state index in [1.165, 1.54) is 15.6 Å². The van der Waals surface area contributed by atoms with Crippen LogP contribution >= 0.6 is 11.3 Å². The minimum Gasteiger partial charge on any atom is -0.360 e. The maximum absolute atomic E-state index is 11.6. The van der Waals surface area contributed by atoms with E-state index in [1.54, 1.807) is 13.1 Å². The zero-order chi connectivity index (χ0) is 15.6. The van der Waals surface area contributed by atoms with Crippen molar-refractivity contribution in [2.24, 2.45) is 5.92 Å². The van der Waals surface area contributed by atoms with Gasteiger partial charge in [0.15, 0.2) is 5.01 Å². The Morgan fingerprint density at radius 3 is 2.86 bits per heavy atom. The van der Waals surface area contributed by atoms with Crippen LogP contribution in [-0.2, 0) is 10.0 Å². The Morgan fingerprint density at radius 1 is 1.36 bits per heavy atom. The van der Waals surface area contributed by atoms with Crippen molar-refractivity contribution in [3.8, 4) is 10.7 Å². The molecule has 1 aliphatic heterocycles. The van der Waals surface area contributed by atoms with Crippen LogP contribution in [0.15, 0.2) is 24.4 Å². The van der Waals surface area contributed by atoms with Crippen molar-refractivity contribution < 1.29 is 8.42 Å². The van der Waals surface area contributed by atoms with Gasteiger partial charge in [-0.25, -0.2) is 12.7 Å². The van der Waals surface area contributed by atoms with E-state index in [4.69, 9.17) is 0 Å². The minimum absolute atomic E-state index is 0.164. The van der Waals surface area contributed by atoms with Crippen LogP contribution in [0.3, 0.4) is 0 Å². The van der Waals surface area contributed by atoms with Crippen molar-refractivity contribution in [3.05, 3.63) is 24.4 Å². The third-order valence-electron chi connectivity index (χ3n) is 3.53. The summed E-state index contributed by atoms with van der Waals surface area (Å²) in [7, 11) is -3.04. The summed E-state index contributed by atoms with van der Waals surface area (Å²) in [6, 6.07) is 5.66. The molecule has 1 saturated heterocycles. The number of nitrogens with one attached hydrogen (secondary N) is 1. The molecule has 22 heavy (non-hydrogen) atoms. The zero-order valence-corrected chi connectivity index (χ0v) is 13.8. The summed E-state index contributed by atoms with van der Waals surface area (Å²) >= 11 is 1.45. The highest BCUT2D eigenvalue weighted by Gasteiger charge is 2.34. The van der Waals surface area contributed by atoms with Crippen LogP contribution in [0.1, 0.15) is 6.92 Å². The monoisotopic (exact) mass is 339 g/mol. The van der Waals surface area contributed by atoms with Crippen LogP contribution in [-0.4, -0.2) is 53.3 Å². The lowest BCUT2D eigenvalue weighted by molar-refractivity contribution is 0.212. The fourth-order valence-corrected chi connectivity index (χ4v) is 4.15. The molecule has 2 aromatic heterocycles. The fourth-order valence-electron chi connectivity index (χ4n) is 2.18. The molecule has 0 spiro atoms. The lowest BCUT2D eigenvalue weighted by Crippen LogP contribution is -2.52. The Morgan fingerprint density at radius 2 is 2.18 bits per heavy atom. The van der Waals surface area contributed by atoms with E-state index in [0.29, 0.717) is 25.6 Å². The van der Waals surface area contributed by atoms with Crippen LogP contribution in [0, 0.1) is 5.92 Å². The summed E-state index contributed by atoms with van der Waals surface area (Å²) in [5.74, 6) is 0.486. The standard InChI is InChI=1S/C13H17N5O2S2/c1-2-22(19,20)18-8-10(9-18)7-15-13-17-16-12(21-13)11-5-3-4-6-14-11/h3-6,10H,2,7-9H2,1H3,(H,15,17). The van der Waals surface area contributed by atoms with Crippen LogP contribution in [0.5, 0.6) is 0 Å². The summed E-state index contributed by atoms with van der Waals surface area (Å²) in [5, 5.41) is 12.9. The highest BCUT2D eigenvalue weighted by atomic mass is 32.2. The molecule has 1 aliphatic rings. The van der Waals surface area contributed by atoms with Gasteiger partial charge < -0.3 is 5.32 Å². The molecule has 9 heteroatoms. The minimum atomic E-state index is -3.04. The summed E-state index contributed by atoms with van der Waals surface area (Å²) < 4.78 is 24.8. The second-order valence-electron chi connectivity index (χ2n) is 5.09. The maximum atomic E-state index is 11.6. The molecule has 0 atom stereocenters. The first kappa shape index (κ1) is 15.3. The molecule has 2 aromatic rings. The van der Waals surface area contributed by atoms with Crippen LogP contribution in [0.4, 0.5) is 5.13 Å². The van der Waals surface area contributed by atoms with Crippen molar-refractivity contribution >= 4 is 26.5 Å². The van der Waals surface area contributed by atoms with Gasteiger partial charge in [0, 0.05) is 31.7 Å². The molecule has 3 rings (SSSR count). The molecule has 0 saturated carbocycles. The second kappa shape index (κ2) is 6.27. The Labute approximate surface area is 133 Å². The smallest absolute Gasteiger partial charge is 0.213 e. The van der Waals surface area contributed by atoms with Gasteiger partial charge in [-0.1, -0.05) is 17.4 Å². The largest absolute Gasteiger partial charge is 0.360 e. The zero-order valence-electron chi connectivity index (χ0n) is 12.1. The van der Waals surface area contributed by atoms with E-state index in [2.05, 4.69) is 20.5 Å². The van der Waals surface area contributed by atoms with Gasteiger partial charge in [-0.05, 0) is 19.1 Å². The second-order valence-corrected chi connectivity index (χ2v) is 8.33. The Kier molecular flexibility index (Phi) is 4.37. The predicted octanol–water partition coefficient (Wildman–Crippen LogP) is 1.29. The molecule has 0 radical (unpaired) electrons.